The number of hydrogen-bond acceptors (Lipinski definition) is 7. The van der Waals surface area contributed by atoms with Gasteiger partial charge in [-0.1, -0.05) is 203 Å². The molecule has 3 aromatic heterocycles. The molecule has 0 unspecified atom stereocenters. The van der Waals surface area contributed by atoms with Crippen LogP contribution in [0.15, 0.2) is 103 Å². The van der Waals surface area contributed by atoms with Gasteiger partial charge in [0.05, 0.1) is 36.1 Å². The smallest absolute Gasteiger partial charge is 0.172 e. The molecule has 69 heavy (non-hydrogen) atoms. The van der Waals surface area contributed by atoms with Gasteiger partial charge < -0.3 is 9.47 Å². The molecule has 7 heteroatoms. The second-order valence-corrected chi connectivity index (χ2v) is 21.9. The number of unbranched alkanes of at least 4 members (excludes halogenated alkanes) is 16. The van der Waals surface area contributed by atoms with Crippen molar-refractivity contribution in [3.63, 3.8) is 0 Å². The Kier molecular flexibility index (Phi) is 19.6. The maximum atomic E-state index is 7.13. The Bertz CT molecular complexity index is 2690. The lowest BCUT2D eigenvalue weighted by atomic mass is 9.90. The van der Waals surface area contributed by atoms with Crippen molar-refractivity contribution in [3.05, 3.63) is 114 Å². The lowest BCUT2D eigenvalue weighted by molar-refractivity contribution is 0.260. The first-order valence-corrected chi connectivity index (χ1v) is 29.3. The molecule has 4 nitrogen and oxygen atoms in total. The lowest BCUT2D eigenvalue weighted by Gasteiger charge is -2.20. The van der Waals surface area contributed by atoms with Crippen LogP contribution in [-0.4, -0.2) is 22.0 Å². The molecule has 1 aliphatic carbocycles. The highest BCUT2D eigenvalue weighted by atomic mass is 32.1. The first-order valence-electron chi connectivity index (χ1n) is 26.9. The molecule has 1 aliphatic rings. The van der Waals surface area contributed by atoms with Crippen LogP contribution in [0.2, 0.25) is 0 Å². The van der Waals surface area contributed by atoms with Crippen molar-refractivity contribution in [1.29, 1.82) is 0 Å². The molecule has 3 heterocycles. The van der Waals surface area contributed by atoms with Crippen molar-refractivity contribution < 1.29 is 9.47 Å². The minimum absolute atomic E-state index is 0.632. The molecule has 0 N–H and O–H groups in total. The van der Waals surface area contributed by atoms with Crippen LogP contribution >= 0.6 is 34.4 Å². The predicted octanol–water partition coefficient (Wildman–Crippen LogP) is 20.7. The molecule has 7 aromatic rings. The molecule has 0 spiro atoms. The maximum absolute atomic E-state index is 7.13. The fourth-order valence-electron chi connectivity index (χ4n) is 10.2. The molecule has 4 aromatic carbocycles. The average Bonchev–Trinajstić information content (AvgIpc) is 4.23. The Hall–Kier alpha value is -4.56. The molecular formula is C62H76N2O2S3. The average molecular weight is 978 g/mol. The van der Waals surface area contributed by atoms with Crippen LogP contribution in [0.4, 0.5) is 0 Å². The molecule has 0 atom stereocenters. The summed E-state index contributed by atoms with van der Waals surface area (Å²) in [6.45, 7) is 10.5. The number of hydrogen-bond donors (Lipinski definition) is 0. The Labute approximate surface area is 427 Å². The van der Waals surface area contributed by atoms with Crippen molar-refractivity contribution in [2.24, 2.45) is 0 Å². The Morgan fingerprint density at radius 2 is 0.855 bits per heavy atom. The summed E-state index contributed by atoms with van der Waals surface area (Å²) in [7, 11) is 0. The monoisotopic (exact) mass is 977 g/mol. The summed E-state index contributed by atoms with van der Waals surface area (Å²) >= 11 is 4.93. The fourth-order valence-corrected chi connectivity index (χ4v) is 12.8. The van der Waals surface area contributed by atoms with Gasteiger partial charge in [0.25, 0.3) is 0 Å². The van der Waals surface area contributed by atoms with E-state index >= 15 is 0 Å². The van der Waals surface area contributed by atoms with E-state index in [9.17, 15) is 0 Å². The number of allylic oxidation sites excluding steroid dienone is 1. The Morgan fingerprint density at radius 3 is 1.41 bits per heavy atom. The van der Waals surface area contributed by atoms with Gasteiger partial charge >= 0.3 is 0 Å². The third-order valence-corrected chi connectivity index (χ3v) is 16.8. The van der Waals surface area contributed by atoms with Gasteiger partial charge in [-0.2, -0.15) is 8.75 Å². The summed E-state index contributed by atoms with van der Waals surface area (Å²) in [5.41, 5.74) is 15.0. The van der Waals surface area contributed by atoms with Gasteiger partial charge in [0.15, 0.2) is 11.5 Å². The van der Waals surface area contributed by atoms with E-state index in [2.05, 4.69) is 125 Å². The predicted molar refractivity (Wildman–Crippen MR) is 302 cm³/mol. The van der Waals surface area contributed by atoms with Crippen molar-refractivity contribution in [2.75, 3.05) is 13.2 Å². The number of nitrogens with zero attached hydrogens (tertiary/aromatic N) is 2. The van der Waals surface area contributed by atoms with Crippen LogP contribution in [0.1, 0.15) is 180 Å². The standard InChI is InChI=1S/C62H76N2O2S3/c1-5-9-13-17-19-28-42-65-61-57(54-40-38-52(67-54)45-30-24-21-25-31-45)59-60(64-69-63-59)58(62(61)66-43-29-20-18-14-10-6-2)55-41-39-53(68-55)47-36-37-49-48-34-26-27-35-50(48)56(51(49)44-47)46(32-22-15-11-7-3)33-23-16-12-8-4/h21,24-27,30-31,34-41,44H,5-20,22-23,28-29,32-33,42-43H2,1-4H3. The Morgan fingerprint density at radius 1 is 0.406 bits per heavy atom. The second kappa shape index (κ2) is 26.6. The summed E-state index contributed by atoms with van der Waals surface area (Å²) in [5, 5.41) is 0. The summed E-state index contributed by atoms with van der Waals surface area (Å²) in [6.07, 6.45) is 27.1. The maximum Gasteiger partial charge on any atom is 0.172 e. The van der Waals surface area contributed by atoms with Crippen molar-refractivity contribution in [2.45, 2.75) is 169 Å². The van der Waals surface area contributed by atoms with Gasteiger partial charge in [0.2, 0.25) is 0 Å². The number of ether oxygens (including phenoxy) is 2. The normalized spacial score (nSPS) is 12.0. The number of benzene rings is 4. The highest BCUT2D eigenvalue weighted by Gasteiger charge is 2.30. The van der Waals surface area contributed by atoms with Crippen LogP contribution in [0.3, 0.4) is 0 Å². The zero-order valence-corrected chi connectivity index (χ0v) is 44.6. The number of fused-ring (bicyclic) bond motifs is 4. The van der Waals surface area contributed by atoms with Gasteiger partial charge in [-0.25, -0.2) is 0 Å². The quantitative estimate of drug-likeness (QED) is 0.0421. The van der Waals surface area contributed by atoms with Gasteiger partial charge in [0.1, 0.15) is 11.0 Å². The molecule has 364 valence electrons. The van der Waals surface area contributed by atoms with E-state index in [-0.39, 0.29) is 0 Å². The lowest BCUT2D eigenvalue weighted by Crippen LogP contribution is -2.06. The van der Waals surface area contributed by atoms with E-state index in [1.807, 2.05) is 11.3 Å². The van der Waals surface area contributed by atoms with Gasteiger partial charge in [-0.15, -0.1) is 22.7 Å². The molecule has 0 radical (unpaired) electrons. The third-order valence-electron chi connectivity index (χ3n) is 14.0. The van der Waals surface area contributed by atoms with E-state index in [0.29, 0.717) is 13.2 Å². The first kappa shape index (κ1) is 50.8. The topological polar surface area (TPSA) is 44.2 Å². The molecule has 0 saturated carbocycles. The largest absolute Gasteiger partial charge is 0.489 e. The van der Waals surface area contributed by atoms with Crippen molar-refractivity contribution >= 4 is 51.0 Å². The number of thiophene rings is 2. The highest BCUT2D eigenvalue weighted by Crippen LogP contribution is 2.55. The van der Waals surface area contributed by atoms with Gasteiger partial charge in [0, 0.05) is 19.5 Å². The molecule has 0 aliphatic heterocycles. The van der Waals surface area contributed by atoms with E-state index in [4.69, 9.17) is 18.2 Å². The molecule has 0 bridgehead atoms. The Balaban J connectivity index is 1.21. The summed E-state index contributed by atoms with van der Waals surface area (Å²) in [5.74, 6) is 1.63. The zero-order valence-electron chi connectivity index (χ0n) is 42.1. The van der Waals surface area contributed by atoms with Gasteiger partial charge in [-0.3, -0.25) is 0 Å². The molecule has 0 amide bonds. The van der Waals surface area contributed by atoms with Crippen LogP contribution < -0.4 is 9.47 Å². The van der Waals surface area contributed by atoms with Crippen LogP contribution in [-0.2, 0) is 0 Å². The molecule has 0 fully saturated rings. The summed E-state index contributed by atoms with van der Waals surface area (Å²) in [4.78, 5) is 4.74. The van der Waals surface area contributed by atoms with Crippen LogP contribution in [0.5, 0.6) is 11.5 Å². The molecular weight excluding hydrogens is 901 g/mol. The zero-order chi connectivity index (χ0) is 47.6. The van der Waals surface area contributed by atoms with Gasteiger partial charge in [-0.05, 0) is 108 Å². The van der Waals surface area contributed by atoms with Crippen molar-refractivity contribution in [3.8, 4) is 64.4 Å². The minimum atomic E-state index is 0.632. The molecule has 8 rings (SSSR count). The van der Waals surface area contributed by atoms with E-state index in [0.717, 1.165) is 69.1 Å². The first-order chi connectivity index (χ1) is 34.1. The fraction of sp³-hybridized carbons (Fsp3) is 0.452. The SMILES string of the molecule is CCCCCCCCOc1c(OCCCCCCCC)c(-c2ccc(-c3ccc4c(c3)C(=C(CCCCCC)CCCCCC)c3ccccc3-4)s2)c2nsnc2c1-c1ccc(-c2ccccc2)s1. The number of rotatable bonds is 30. The summed E-state index contributed by atoms with van der Waals surface area (Å²) in [6, 6.07) is 36.2. The minimum Gasteiger partial charge on any atom is -0.489 e. The number of aromatic nitrogens is 2. The summed E-state index contributed by atoms with van der Waals surface area (Å²) < 4.78 is 24.4. The van der Waals surface area contributed by atoms with Crippen molar-refractivity contribution in [1.82, 2.24) is 8.75 Å². The van der Waals surface area contributed by atoms with Crippen LogP contribution in [0, 0.1) is 0 Å². The van der Waals surface area contributed by atoms with Crippen LogP contribution in [0.25, 0.3) is 69.5 Å². The highest BCUT2D eigenvalue weighted by molar-refractivity contribution is 7.19. The second-order valence-electron chi connectivity index (χ2n) is 19.2. The molecule has 0 saturated heterocycles. The third kappa shape index (κ3) is 12.7. The van der Waals surface area contributed by atoms with E-state index in [1.54, 1.807) is 16.9 Å². The van der Waals surface area contributed by atoms with E-state index in [1.165, 1.54) is 176 Å². The van der Waals surface area contributed by atoms with E-state index < -0.39 is 0 Å².